The smallest absolute Gasteiger partial charge is 0.128 e. The zero-order valence-corrected chi connectivity index (χ0v) is 10.7. The van der Waals surface area contributed by atoms with Crippen molar-refractivity contribution in [2.45, 2.75) is 13.3 Å². The number of pyridine rings is 1. The van der Waals surface area contributed by atoms with Gasteiger partial charge in [-0.1, -0.05) is 12.1 Å². The Balaban J connectivity index is 1.94. The number of hydrogen-bond acceptors (Lipinski definition) is 3. The van der Waals surface area contributed by atoms with Crippen LogP contribution in [0.2, 0.25) is 0 Å². The van der Waals surface area contributed by atoms with Crippen molar-refractivity contribution in [3.05, 3.63) is 59.0 Å². The number of anilines is 1. The Hall–Kier alpha value is -2.41. The van der Waals surface area contributed by atoms with E-state index in [0.29, 0.717) is 12.1 Å². The van der Waals surface area contributed by atoms with Gasteiger partial charge in [0.1, 0.15) is 17.7 Å². The third kappa shape index (κ3) is 3.52. The van der Waals surface area contributed by atoms with E-state index >= 15 is 0 Å². The van der Waals surface area contributed by atoms with Gasteiger partial charge in [0.25, 0.3) is 0 Å². The van der Waals surface area contributed by atoms with Gasteiger partial charge in [0.15, 0.2) is 0 Å². The molecule has 2 rings (SSSR count). The SMILES string of the molecule is Cc1cc(C#N)cnc1NCCc1cccc(F)c1. The Morgan fingerprint density at radius 2 is 2.21 bits per heavy atom. The van der Waals surface area contributed by atoms with Crippen molar-refractivity contribution in [1.82, 2.24) is 4.98 Å². The van der Waals surface area contributed by atoms with Gasteiger partial charge in [-0.2, -0.15) is 5.26 Å². The summed E-state index contributed by atoms with van der Waals surface area (Å²) in [6, 6.07) is 10.4. The number of nitrogens with zero attached hydrogens (tertiary/aromatic N) is 2. The second-order valence-corrected chi connectivity index (χ2v) is 4.31. The highest BCUT2D eigenvalue weighted by molar-refractivity contribution is 5.47. The second-order valence-electron chi connectivity index (χ2n) is 4.31. The second kappa shape index (κ2) is 5.96. The van der Waals surface area contributed by atoms with Gasteiger partial charge in [0.2, 0.25) is 0 Å². The molecule has 2 aromatic rings. The van der Waals surface area contributed by atoms with E-state index < -0.39 is 0 Å². The van der Waals surface area contributed by atoms with Gasteiger partial charge in [-0.25, -0.2) is 9.37 Å². The van der Waals surface area contributed by atoms with Crippen LogP contribution in [-0.2, 0) is 6.42 Å². The van der Waals surface area contributed by atoms with Crippen molar-refractivity contribution in [3.8, 4) is 6.07 Å². The summed E-state index contributed by atoms with van der Waals surface area (Å²) in [6.45, 7) is 2.57. The third-order valence-electron chi connectivity index (χ3n) is 2.80. The molecule has 0 aliphatic heterocycles. The molecule has 3 nitrogen and oxygen atoms in total. The molecule has 0 spiro atoms. The molecule has 0 aliphatic carbocycles. The molecule has 1 aromatic heterocycles. The maximum atomic E-state index is 13.0. The largest absolute Gasteiger partial charge is 0.370 e. The molecule has 0 amide bonds. The van der Waals surface area contributed by atoms with Crippen molar-refractivity contribution >= 4 is 5.82 Å². The lowest BCUT2D eigenvalue weighted by Crippen LogP contribution is -2.07. The van der Waals surface area contributed by atoms with Crippen LogP contribution in [-0.4, -0.2) is 11.5 Å². The number of benzene rings is 1. The maximum absolute atomic E-state index is 13.0. The fourth-order valence-electron chi connectivity index (χ4n) is 1.84. The van der Waals surface area contributed by atoms with E-state index in [1.807, 2.05) is 13.0 Å². The van der Waals surface area contributed by atoms with Crippen LogP contribution in [0.15, 0.2) is 36.5 Å². The van der Waals surface area contributed by atoms with E-state index in [1.165, 1.54) is 18.3 Å². The highest BCUT2D eigenvalue weighted by Crippen LogP contribution is 2.12. The van der Waals surface area contributed by atoms with Crippen molar-refractivity contribution in [2.24, 2.45) is 0 Å². The summed E-state index contributed by atoms with van der Waals surface area (Å²) in [5.74, 6) is 0.542. The van der Waals surface area contributed by atoms with Crippen LogP contribution in [0.25, 0.3) is 0 Å². The average molecular weight is 255 g/mol. The van der Waals surface area contributed by atoms with Gasteiger partial charge >= 0.3 is 0 Å². The molecule has 96 valence electrons. The molecule has 1 heterocycles. The molecule has 0 radical (unpaired) electrons. The molecule has 0 unspecified atom stereocenters. The monoisotopic (exact) mass is 255 g/mol. The third-order valence-corrected chi connectivity index (χ3v) is 2.80. The lowest BCUT2D eigenvalue weighted by molar-refractivity contribution is 0.625. The van der Waals surface area contributed by atoms with E-state index in [2.05, 4.69) is 16.4 Å². The van der Waals surface area contributed by atoms with Crippen molar-refractivity contribution in [1.29, 1.82) is 5.26 Å². The first-order chi connectivity index (χ1) is 9.19. The standard InChI is InChI=1S/C15H14FN3/c1-11-7-13(9-17)10-19-15(11)18-6-5-12-3-2-4-14(16)8-12/h2-4,7-8,10H,5-6H2,1H3,(H,18,19). The number of rotatable bonds is 4. The lowest BCUT2D eigenvalue weighted by Gasteiger charge is -2.08. The Morgan fingerprint density at radius 1 is 1.37 bits per heavy atom. The first kappa shape index (κ1) is 13.0. The molecule has 19 heavy (non-hydrogen) atoms. The van der Waals surface area contributed by atoms with E-state index in [1.54, 1.807) is 12.1 Å². The molecule has 1 aromatic carbocycles. The summed E-state index contributed by atoms with van der Waals surface area (Å²) in [7, 11) is 0. The quantitative estimate of drug-likeness (QED) is 0.913. The number of halogens is 1. The molecule has 1 N–H and O–H groups in total. The van der Waals surface area contributed by atoms with Crippen molar-refractivity contribution < 1.29 is 4.39 Å². The highest BCUT2D eigenvalue weighted by Gasteiger charge is 2.01. The van der Waals surface area contributed by atoms with Crippen molar-refractivity contribution in [2.75, 3.05) is 11.9 Å². The Labute approximate surface area is 111 Å². The summed E-state index contributed by atoms with van der Waals surface area (Å²) in [6.07, 6.45) is 2.26. The van der Waals surface area contributed by atoms with E-state index in [0.717, 1.165) is 23.4 Å². The van der Waals surface area contributed by atoms with Crippen LogP contribution in [0.3, 0.4) is 0 Å². The number of nitrogens with one attached hydrogen (secondary N) is 1. The molecular weight excluding hydrogens is 241 g/mol. The highest BCUT2D eigenvalue weighted by atomic mass is 19.1. The zero-order chi connectivity index (χ0) is 13.7. The Kier molecular flexibility index (Phi) is 4.09. The lowest BCUT2D eigenvalue weighted by atomic mass is 10.1. The predicted octanol–water partition coefficient (Wildman–Crippen LogP) is 3.06. The summed E-state index contributed by atoms with van der Waals surface area (Å²) in [4.78, 5) is 4.19. The molecule has 4 heteroatoms. The molecule has 0 saturated heterocycles. The molecule has 0 aliphatic rings. The number of aryl methyl sites for hydroxylation is 1. The normalized spacial score (nSPS) is 9.95. The van der Waals surface area contributed by atoms with E-state index in [4.69, 9.17) is 5.26 Å². The Bertz CT molecular complexity index is 617. The minimum absolute atomic E-state index is 0.217. The van der Waals surface area contributed by atoms with Crippen LogP contribution in [0.4, 0.5) is 10.2 Å². The maximum Gasteiger partial charge on any atom is 0.128 e. The minimum atomic E-state index is -0.217. The summed E-state index contributed by atoms with van der Waals surface area (Å²) < 4.78 is 13.0. The topological polar surface area (TPSA) is 48.7 Å². The predicted molar refractivity (Wildman–Crippen MR) is 72.3 cm³/mol. The summed E-state index contributed by atoms with van der Waals surface area (Å²) in [5, 5.41) is 11.9. The molecule has 0 atom stereocenters. The van der Waals surface area contributed by atoms with Crippen LogP contribution < -0.4 is 5.32 Å². The van der Waals surface area contributed by atoms with E-state index in [-0.39, 0.29) is 5.82 Å². The number of nitriles is 1. The zero-order valence-electron chi connectivity index (χ0n) is 10.7. The minimum Gasteiger partial charge on any atom is -0.370 e. The fraction of sp³-hybridized carbons (Fsp3) is 0.200. The van der Waals surface area contributed by atoms with Crippen LogP contribution in [0.1, 0.15) is 16.7 Å². The first-order valence-electron chi connectivity index (χ1n) is 6.04. The first-order valence-corrected chi connectivity index (χ1v) is 6.04. The molecule has 0 bridgehead atoms. The fourth-order valence-corrected chi connectivity index (χ4v) is 1.84. The van der Waals surface area contributed by atoms with Gasteiger partial charge < -0.3 is 5.32 Å². The number of hydrogen-bond donors (Lipinski definition) is 1. The Morgan fingerprint density at radius 3 is 2.89 bits per heavy atom. The van der Waals surface area contributed by atoms with Crippen molar-refractivity contribution in [3.63, 3.8) is 0 Å². The van der Waals surface area contributed by atoms with Crippen LogP contribution in [0, 0.1) is 24.1 Å². The molecule has 0 saturated carbocycles. The number of aromatic nitrogens is 1. The van der Waals surface area contributed by atoms with E-state index in [9.17, 15) is 4.39 Å². The summed E-state index contributed by atoms with van der Waals surface area (Å²) >= 11 is 0. The average Bonchev–Trinajstić information content (AvgIpc) is 2.40. The molecular formula is C15H14FN3. The van der Waals surface area contributed by atoms with Crippen LogP contribution >= 0.6 is 0 Å². The molecule has 0 fully saturated rings. The van der Waals surface area contributed by atoms with Gasteiger partial charge in [-0.05, 0) is 42.7 Å². The van der Waals surface area contributed by atoms with Gasteiger partial charge in [-0.3, -0.25) is 0 Å². The van der Waals surface area contributed by atoms with Gasteiger partial charge in [0, 0.05) is 12.7 Å². The summed E-state index contributed by atoms with van der Waals surface area (Å²) in [5.41, 5.74) is 2.42. The van der Waals surface area contributed by atoms with Gasteiger partial charge in [0.05, 0.1) is 5.56 Å². The van der Waals surface area contributed by atoms with Gasteiger partial charge in [-0.15, -0.1) is 0 Å². The van der Waals surface area contributed by atoms with Crippen LogP contribution in [0.5, 0.6) is 0 Å².